The summed E-state index contributed by atoms with van der Waals surface area (Å²) in [5.41, 5.74) is -0.149. The van der Waals surface area contributed by atoms with Crippen molar-refractivity contribution >= 4 is 33.7 Å². The molecule has 0 aromatic rings. The van der Waals surface area contributed by atoms with Crippen LogP contribution in [-0.2, 0) is 15.3 Å². The van der Waals surface area contributed by atoms with E-state index in [1.165, 1.54) is 19.3 Å². The Morgan fingerprint density at radius 1 is 1.42 bits per heavy atom. The molecule has 0 bridgehead atoms. The minimum Gasteiger partial charge on any atom is -0.275 e. The predicted octanol–water partition coefficient (Wildman–Crippen LogP) is 2.66. The minimum absolute atomic E-state index is 0.149. The molecule has 1 atom stereocenters. The molecule has 1 aliphatic heterocycles. The Balaban J connectivity index is 2.21. The van der Waals surface area contributed by atoms with Gasteiger partial charge in [-0.2, -0.15) is 0 Å². The van der Waals surface area contributed by atoms with Crippen molar-refractivity contribution in [2.45, 2.75) is 37.7 Å². The van der Waals surface area contributed by atoms with E-state index in [1.807, 2.05) is 0 Å². The standard InChI is InChI=1S/C8H11IO2S/c9-7-6-12(10)11-8(7)4-2-1-3-5-8/h6H,1-5H2. The SMILES string of the molecule is O=S1C=C(I)C2(CCCCC2)O1. The Kier molecular flexibility index (Phi) is 2.58. The largest absolute Gasteiger partial charge is 0.275 e. The van der Waals surface area contributed by atoms with E-state index in [9.17, 15) is 4.21 Å². The fraction of sp³-hybridized carbons (Fsp3) is 0.750. The number of hydrogen-bond acceptors (Lipinski definition) is 2. The minimum atomic E-state index is -1.16. The highest BCUT2D eigenvalue weighted by Gasteiger charge is 2.41. The summed E-state index contributed by atoms with van der Waals surface area (Å²) in [5, 5.41) is 1.74. The van der Waals surface area contributed by atoms with Crippen LogP contribution in [0.4, 0.5) is 0 Å². The van der Waals surface area contributed by atoms with Crippen molar-refractivity contribution in [3.05, 3.63) is 8.99 Å². The summed E-state index contributed by atoms with van der Waals surface area (Å²) in [7, 11) is 0. The highest BCUT2D eigenvalue weighted by Crippen LogP contribution is 2.44. The topological polar surface area (TPSA) is 26.3 Å². The van der Waals surface area contributed by atoms with Crippen LogP contribution in [0.3, 0.4) is 0 Å². The van der Waals surface area contributed by atoms with E-state index in [1.54, 1.807) is 5.41 Å². The zero-order valence-electron chi connectivity index (χ0n) is 6.72. The molecule has 2 aliphatic rings. The molecule has 1 fully saturated rings. The fourth-order valence-electron chi connectivity index (χ4n) is 1.86. The molecular weight excluding hydrogens is 287 g/mol. The van der Waals surface area contributed by atoms with E-state index < -0.39 is 11.1 Å². The zero-order valence-corrected chi connectivity index (χ0v) is 9.69. The van der Waals surface area contributed by atoms with E-state index >= 15 is 0 Å². The third kappa shape index (κ3) is 1.48. The molecule has 0 saturated heterocycles. The second kappa shape index (κ2) is 3.38. The van der Waals surface area contributed by atoms with Gasteiger partial charge in [0.15, 0.2) is 11.1 Å². The second-order valence-electron chi connectivity index (χ2n) is 3.36. The molecule has 68 valence electrons. The molecule has 1 saturated carbocycles. The van der Waals surface area contributed by atoms with Gasteiger partial charge in [0, 0.05) is 8.99 Å². The Bertz CT molecular complexity index is 243. The Morgan fingerprint density at radius 2 is 2.08 bits per heavy atom. The number of hydrogen-bond donors (Lipinski definition) is 0. The van der Waals surface area contributed by atoms with Crippen molar-refractivity contribution in [2.75, 3.05) is 0 Å². The van der Waals surface area contributed by atoms with Gasteiger partial charge in [0.2, 0.25) is 0 Å². The normalized spacial score (nSPS) is 33.8. The Hall–Kier alpha value is 0.580. The fourth-order valence-corrected chi connectivity index (χ4v) is 4.28. The van der Waals surface area contributed by atoms with Crippen molar-refractivity contribution in [3.8, 4) is 0 Å². The van der Waals surface area contributed by atoms with Gasteiger partial charge in [0.05, 0.1) is 0 Å². The number of rotatable bonds is 0. The molecule has 0 amide bonds. The van der Waals surface area contributed by atoms with E-state index in [2.05, 4.69) is 22.6 Å². The molecule has 1 heterocycles. The molecule has 0 N–H and O–H groups in total. The third-order valence-corrected chi connectivity index (χ3v) is 5.17. The van der Waals surface area contributed by atoms with E-state index in [0.717, 1.165) is 16.4 Å². The van der Waals surface area contributed by atoms with Gasteiger partial charge in [0.1, 0.15) is 5.60 Å². The number of halogens is 1. The van der Waals surface area contributed by atoms with Crippen molar-refractivity contribution in [3.63, 3.8) is 0 Å². The molecule has 0 aromatic carbocycles. The second-order valence-corrected chi connectivity index (χ2v) is 5.45. The lowest BCUT2D eigenvalue weighted by molar-refractivity contribution is 0.101. The van der Waals surface area contributed by atoms with Crippen LogP contribution < -0.4 is 0 Å². The quantitative estimate of drug-likeness (QED) is 0.643. The first-order valence-electron chi connectivity index (χ1n) is 4.21. The van der Waals surface area contributed by atoms with Crippen LogP contribution in [0.5, 0.6) is 0 Å². The molecule has 12 heavy (non-hydrogen) atoms. The first kappa shape index (κ1) is 9.15. The molecule has 4 heteroatoms. The lowest BCUT2D eigenvalue weighted by atomic mass is 9.85. The average Bonchev–Trinajstić information content (AvgIpc) is 2.29. The lowest BCUT2D eigenvalue weighted by Gasteiger charge is -2.31. The van der Waals surface area contributed by atoms with Crippen LogP contribution in [0.15, 0.2) is 8.99 Å². The maximum atomic E-state index is 11.1. The molecule has 0 aromatic heterocycles. The maximum absolute atomic E-state index is 11.1. The van der Waals surface area contributed by atoms with Crippen LogP contribution in [0.2, 0.25) is 0 Å². The summed E-state index contributed by atoms with van der Waals surface area (Å²) in [6, 6.07) is 0. The average molecular weight is 298 g/mol. The van der Waals surface area contributed by atoms with Gasteiger partial charge in [-0.05, 0) is 35.4 Å². The van der Waals surface area contributed by atoms with Gasteiger partial charge >= 0.3 is 0 Å². The monoisotopic (exact) mass is 298 g/mol. The van der Waals surface area contributed by atoms with E-state index in [-0.39, 0.29) is 5.60 Å². The van der Waals surface area contributed by atoms with Crippen LogP contribution in [0.1, 0.15) is 32.1 Å². The van der Waals surface area contributed by atoms with Gasteiger partial charge in [-0.1, -0.05) is 19.3 Å². The lowest BCUT2D eigenvalue weighted by Crippen LogP contribution is -2.31. The summed E-state index contributed by atoms with van der Waals surface area (Å²) in [6.45, 7) is 0. The third-order valence-electron chi connectivity index (χ3n) is 2.54. The van der Waals surface area contributed by atoms with Crippen molar-refractivity contribution in [1.29, 1.82) is 0 Å². The van der Waals surface area contributed by atoms with Crippen LogP contribution in [-0.4, -0.2) is 9.81 Å². The predicted molar refractivity (Wildman–Crippen MR) is 57.1 cm³/mol. The summed E-state index contributed by atoms with van der Waals surface area (Å²) in [4.78, 5) is 0. The van der Waals surface area contributed by atoms with Crippen LogP contribution in [0.25, 0.3) is 0 Å². The molecule has 2 rings (SSSR count). The van der Waals surface area contributed by atoms with Gasteiger partial charge in [-0.3, -0.25) is 4.18 Å². The van der Waals surface area contributed by atoms with Crippen molar-refractivity contribution < 1.29 is 8.39 Å². The summed E-state index contributed by atoms with van der Waals surface area (Å²) in [6.07, 6.45) is 5.80. The van der Waals surface area contributed by atoms with Gasteiger partial charge in [-0.15, -0.1) is 0 Å². The van der Waals surface area contributed by atoms with Gasteiger partial charge < -0.3 is 0 Å². The van der Waals surface area contributed by atoms with Crippen molar-refractivity contribution in [2.24, 2.45) is 0 Å². The molecule has 1 spiro atoms. The first-order chi connectivity index (χ1) is 5.73. The Labute approximate surface area is 88.6 Å². The highest BCUT2D eigenvalue weighted by atomic mass is 127. The maximum Gasteiger partial charge on any atom is 0.183 e. The zero-order chi connectivity index (χ0) is 8.60. The Morgan fingerprint density at radius 3 is 2.58 bits per heavy atom. The van der Waals surface area contributed by atoms with Crippen LogP contribution in [0, 0.1) is 0 Å². The molecular formula is C8H11IO2S. The smallest absolute Gasteiger partial charge is 0.183 e. The molecule has 2 nitrogen and oxygen atoms in total. The molecule has 1 unspecified atom stereocenters. The van der Waals surface area contributed by atoms with Crippen LogP contribution >= 0.6 is 22.6 Å². The molecule has 0 radical (unpaired) electrons. The van der Waals surface area contributed by atoms with E-state index in [0.29, 0.717) is 0 Å². The summed E-state index contributed by atoms with van der Waals surface area (Å²) < 4.78 is 17.8. The summed E-state index contributed by atoms with van der Waals surface area (Å²) in [5.74, 6) is 0. The van der Waals surface area contributed by atoms with E-state index in [4.69, 9.17) is 4.18 Å². The first-order valence-corrected chi connectivity index (χ1v) is 6.42. The van der Waals surface area contributed by atoms with Crippen molar-refractivity contribution in [1.82, 2.24) is 0 Å². The van der Waals surface area contributed by atoms with Gasteiger partial charge in [-0.25, -0.2) is 4.21 Å². The summed E-state index contributed by atoms with van der Waals surface area (Å²) >= 11 is 1.10. The highest BCUT2D eigenvalue weighted by molar-refractivity contribution is 14.1. The molecule has 1 aliphatic carbocycles. The van der Waals surface area contributed by atoms with Gasteiger partial charge in [0.25, 0.3) is 0 Å².